The molecule has 0 unspecified atom stereocenters. The van der Waals surface area contributed by atoms with Crippen molar-refractivity contribution in [3.8, 4) is 0 Å². The van der Waals surface area contributed by atoms with Crippen LogP contribution in [-0.2, 0) is 33.1 Å². The van der Waals surface area contributed by atoms with Gasteiger partial charge in [-0.2, -0.15) is 0 Å². The van der Waals surface area contributed by atoms with Gasteiger partial charge in [-0.15, -0.1) is 12.4 Å². The first-order valence-electron chi connectivity index (χ1n) is 13.4. The topological polar surface area (TPSA) is 160 Å². The normalized spacial score (nSPS) is 11.1. The number of carbonyl (C=O) groups is 2. The van der Waals surface area contributed by atoms with E-state index in [0.29, 0.717) is 27.4 Å². The van der Waals surface area contributed by atoms with Gasteiger partial charge in [0.15, 0.2) is 0 Å². The van der Waals surface area contributed by atoms with Crippen LogP contribution in [0.3, 0.4) is 0 Å². The third-order valence-corrected chi connectivity index (χ3v) is 8.77. The van der Waals surface area contributed by atoms with Gasteiger partial charge >= 0.3 is 5.97 Å². The summed E-state index contributed by atoms with van der Waals surface area (Å²) in [5.74, 6) is -1.13. The molecule has 228 valence electrons. The molecule has 0 aliphatic rings. The van der Waals surface area contributed by atoms with Crippen LogP contribution in [0.15, 0.2) is 90.1 Å². The average Bonchev–Trinajstić information content (AvgIpc) is 3.34. The molecule has 3 aromatic carbocycles. The minimum absolute atomic E-state index is 0. The number of nitrogens with one attached hydrogen (secondary N) is 2. The number of rotatable bonds is 10. The van der Waals surface area contributed by atoms with Crippen LogP contribution in [0.2, 0.25) is 0 Å². The van der Waals surface area contributed by atoms with Gasteiger partial charge in [-0.05, 0) is 42.8 Å². The molecule has 0 aliphatic heterocycles. The summed E-state index contributed by atoms with van der Waals surface area (Å²) in [5, 5.41) is 11.6. The maximum Gasteiger partial charge on any atom is 0.326 e. The lowest BCUT2D eigenvalue weighted by molar-refractivity contribution is -0.141. The van der Waals surface area contributed by atoms with Crippen LogP contribution in [0.1, 0.15) is 28.4 Å². The third-order valence-electron chi connectivity index (χ3n) is 6.97. The third kappa shape index (κ3) is 6.36. The lowest BCUT2D eigenvalue weighted by Crippen LogP contribution is -2.36. The van der Waals surface area contributed by atoms with Crippen LogP contribution < -0.4 is 15.4 Å². The number of pyridine rings is 1. The molecule has 0 spiro atoms. The molecule has 0 saturated heterocycles. The number of benzene rings is 3. The van der Waals surface area contributed by atoms with E-state index in [0.717, 1.165) is 9.87 Å². The number of fused-ring (bicyclic) bond motifs is 2. The van der Waals surface area contributed by atoms with Gasteiger partial charge in [0, 0.05) is 47.8 Å². The quantitative estimate of drug-likeness (QED) is 0.118. The molecule has 0 aliphatic carbocycles. The lowest BCUT2D eigenvalue weighted by atomic mass is 10.1. The Bertz CT molecular complexity index is 1970. The van der Waals surface area contributed by atoms with Crippen molar-refractivity contribution in [1.82, 2.24) is 14.9 Å². The second kappa shape index (κ2) is 13.1. The largest absolute Gasteiger partial charge is 0.465 e. The summed E-state index contributed by atoms with van der Waals surface area (Å²) in [4.78, 5) is 30.2. The number of nitrogens with zero attached hydrogens (tertiary/aromatic N) is 3. The molecule has 2 heterocycles. The number of anilines is 1. The number of nitrogens with two attached hydrogens (primary N) is 1. The van der Waals surface area contributed by atoms with Crippen LogP contribution in [0, 0.1) is 5.41 Å². The Morgan fingerprint density at radius 2 is 1.80 bits per heavy atom. The summed E-state index contributed by atoms with van der Waals surface area (Å²) >= 11 is 0. The first-order valence-corrected chi connectivity index (χ1v) is 14.9. The molecule has 5 rings (SSSR count). The fraction of sp³-hybridized carbons (Fsp3) is 0.161. The standard InChI is InChI=1S/C31H30N6O5S.ClH/c1-3-42-28(38)19-37(43(40,41)27-8-4-6-21-7-5-15-34-29(21)27)23-13-14-26-24(16-23)25(18-36(26)2)31(39)35-17-20-9-11-22(12-10-20)30(32)33;/h4-16,18H,3,17,19H2,1-2H3,(H3,32,33)(H,35,39);1H. The molecule has 5 aromatic rings. The molecule has 2 aromatic heterocycles. The predicted octanol–water partition coefficient (Wildman–Crippen LogP) is 4.12. The minimum Gasteiger partial charge on any atom is -0.465 e. The van der Waals surface area contributed by atoms with E-state index in [1.54, 1.807) is 91.5 Å². The van der Waals surface area contributed by atoms with Crippen LogP contribution in [0.4, 0.5) is 5.69 Å². The second-order valence-electron chi connectivity index (χ2n) is 9.80. The van der Waals surface area contributed by atoms with Crippen LogP contribution in [-0.4, -0.2) is 48.8 Å². The number of aromatic nitrogens is 2. The number of hydrogen-bond donors (Lipinski definition) is 3. The fourth-order valence-corrected chi connectivity index (χ4v) is 6.41. The van der Waals surface area contributed by atoms with Crippen molar-refractivity contribution in [3.05, 3.63) is 102 Å². The summed E-state index contributed by atoms with van der Waals surface area (Å²) in [6.07, 6.45) is 3.18. The molecule has 0 bridgehead atoms. The number of nitrogen functional groups attached to an aromatic ring is 1. The smallest absolute Gasteiger partial charge is 0.326 e. The number of sulfonamides is 1. The highest BCUT2D eigenvalue weighted by Crippen LogP contribution is 2.32. The minimum atomic E-state index is -4.31. The van der Waals surface area contributed by atoms with Crippen molar-refractivity contribution < 1.29 is 22.7 Å². The zero-order chi connectivity index (χ0) is 30.7. The van der Waals surface area contributed by atoms with E-state index in [-0.39, 0.29) is 53.4 Å². The summed E-state index contributed by atoms with van der Waals surface area (Å²) < 4.78 is 36.2. The van der Waals surface area contributed by atoms with Gasteiger partial charge in [-0.25, -0.2) is 8.42 Å². The van der Waals surface area contributed by atoms with E-state index in [1.807, 2.05) is 0 Å². The molecule has 1 amide bonds. The number of ether oxygens (including phenoxy) is 1. The van der Waals surface area contributed by atoms with Crippen molar-refractivity contribution in [2.75, 3.05) is 17.5 Å². The summed E-state index contributed by atoms with van der Waals surface area (Å²) in [7, 11) is -2.52. The van der Waals surface area contributed by atoms with Gasteiger partial charge < -0.3 is 20.4 Å². The van der Waals surface area contributed by atoms with Crippen molar-refractivity contribution in [2.24, 2.45) is 12.8 Å². The first kappa shape index (κ1) is 32.0. The number of amidine groups is 1. The van der Waals surface area contributed by atoms with E-state index >= 15 is 0 Å². The Balaban J connectivity index is 0.00000442. The number of carbonyl (C=O) groups excluding carboxylic acids is 2. The highest BCUT2D eigenvalue weighted by molar-refractivity contribution is 7.93. The lowest BCUT2D eigenvalue weighted by Gasteiger charge is -2.24. The Kier molecular flexibility index (Phi) is 9.56. The van der Waals surface area contributed by atoms with Crippen LogP contribution >= 0.6 is 12.4 Å². The molecule has 44 heavy (non-hydrogen) atoms. The number of esters is 1. The predicted molar refractivity (Wildman–Crippen MR) is 172 cm³/mol. The van der Waals surface area contributed by atoms with E-state index < -0.39 is 22.5 Å². The Labute approximate surface area is 260 Å². The van der Waals surface area contributed by atoms with Crippen molar-refractivity contribution >= 4 is 67.6 Å². The molecule has 11 nitrogen and oxygen atoms in total. The highest BCUT2D eigenvalue weighted by Gasteiger charge is 2.30. The Morgan fingerprint density at radius 1 is 1.07 bits per heavy atom. The molecule has 0 radical (unpaired) electrons. The SMILES string of the molecule is CCOC(=O)CN(c1ccc2c(c1)c(C(=O)NCc1ccc(C(=N)N)cc1)cn2C)S(=O)(=O)c1cccc2cccnc12.Cl. The number of para-hydroxylation sites is 1. The number of hydrogen-bond acceptors (Lipinski definition) is 7. The Hall–Kier alpha value is -4.94. The average molecular weight is 635 g/mol. The number of amides is 1. The van der Waals surface area contributed by atoms with E-state index in [1.165, 1.54) is 12.3 Å². The molecular weight excluding hydrogens is 604 g/mol. The molecule has 0 atom stereocenters. The maximum atomic E-state index is 14.1. The highest BCUT2D eigenvalue weighted by atomic mass is 35.5. The monoisotopic (exact) mass is 634 g/mol. The van der Waals surface area contributed by atoms with E-state index in [9.17, 15) is 18.0 Å². The van der Waals surface area contributed by atoms with Crippen LogP contribution in [0.25, 0.3) is 21.8 Å². The fourth-order valence-electron chi connectivity index (χ4n) is 4.84. The Morgan fingerprint density at radius 3 is 2.50 bits per heavy atom. The van der Waals surface area contributed by atoms with Gasteiger partial charge in [-0.1, -0.05) is 42.5 Å². The van der Waals surface area contributed by atoms with Gasteiger partial charge in [-0.3, -0.25) is 24.3 Å². The van der Waals surface area contributed by atoms with E-state index in [4.69, 9.17) is 15.9 Å². The maximum absolute atomic E-state index is 14.1. The van der Waals surface area contributed by atoms with Gasteiger partial charge in [0.1, 0.15) is 17.3 Å². The number of aryl methyl sites for hydroxylation is 1. The van der Waals surface area contributed by atoms with E-state index in [2.05, 4.69) is 10.3 Å². The molecule has 0 fully saturated rings. The van der Waals surface area contributed by atoms with Gasteiger partial charge in [0.05, 0.1) is 23.4 Å². The summed E-state index contributed by atoms with van der Waals surface area (Å²) in [5.41, 5.74) is 8.40. The molecule has 0 saturated carbocycles. The molecular formula is C31H31ClN6O5S. The molecule has 13 heteroatoms. The molecule has 4 N–H and O–H groups in total. The zero-order valence-electron chi connectivity index (χ0n) is 24.0. The van der Waals surface area contributed by atoms with Crippen molar-refractivity contribution in [1.29, 1.82) is 5.41 Å². The van der Waals surface area contributed by atoms with Gasteiger partial charge in [0.25, 0.3) is 15.9 Å². The zero-order valence-corrected chi connectivity index (χ0v) is 25.6. The number of halogens is 1. The first-order chi connectivity index (χ1) is 20.6. The van der Waals surface area contributed by atoms with Crippen molar-refractivity contribution in [2.45, 2.75) is 18.4 Å². The summed E-state index contributed by atoms with van der Waals surface area (Å²) in [6, 6.07) is 20.2. The van der Waals surface area contributed by atoms with Crippen LogP contribution in [0.5, 0.6) is 0 Å². The second-order valence-corrected chi connectivity index (χ2v) is 11.6. The summed E-state index contributed by atoms with van der Waals surface area (Å²) in [6.45, 7) is 1.38. The van der Waals surface area contributed by atoms with Crippen molar-refractivity contribution in [3.63, 3.8) is 0 Å². The van der Waals surface area contributed by atoms with Gasteiger partial charge in [0.2, 0.25) is 0 Å².